The van der Waals surface area contributed by atoms with Crippen molar-refractivity contribution in [2.24, 2.45) is 11.7 Å². The Labute approximate surface area is 110 Å². The summed E-state index contributed by atoms with van der Waals surface area (Å²) in [5, 5.41) is 6.02. The number of nitrogens with one attached hydrogen (secondary N) is 2. The van der Waals surface area contributed by atoms with Crippen LogP contribution < -0.4 is 16.4 Å². The highest BCUT2D eigenvalue weighted by molar-refractivity contribution is 5.75. The molecule has 1 aliphatic heterocycles. The standard InChI is InChI=1S/C13H28N4O/c1-11-8-12(17(10-11)7-3-5-14)9-16-6-4-13(18)15-2/h11-12,16H,3-10,14H2,1-2H3,(H,15,18)/t11-,12?/m1/s1. The number of carbonyl (C=O) groups is 1. The SMILES string of the molecule is CNC(=O)CCNCC1C[C@@H](C)CN1CCCN. The minimum atomic E-state index is 0.0993. The van der Waals surface area contributed by atoms with E-state index in [2.05, 4.69) is 22.5 Å². The van der Waals surface area contributed by atoms with E-state index in [-0.39, 0.29) is 5.91 Å². The molecule has 0 aromatic rings. The fraction of sp³-hybridized carbons (Fsp3) is 0.923. The number of hydrogen-bond acceptors (Lipinski definition) is 4. The summed E-state index contributed by atoms with van der Waals surface area (Å²) in [5.41, 5.74) is 5.57. The monoisotopic (exact) mass is 256 g/mol. The quantitative estimate of drug-likeness (QED) is 0.525. The van der Waals surface area contributed by atoms with E-state index in [0.29, 0.717) is 12.5 Å². The maximum absolute atomic E-state index is 11.1. The van der Waals surface area contributed by atoms with Crippen molar-refractivity contribution in [1.29, 1.82) is 0 Å². The predicted octanol–water partition coefficient (Wildman–Crippen LogP) is -0.229. The lowest BCUT2D eigenvalue weighted by Gasteiger charge is -2.24. The molecule has 0 aliphatic carbocycles. The fourth-order valence-corrected chi connectivity index (χ4v) is 2.61. The molecule has 2 atom stereocenters. The van der Waals surface area contributed by atoms with Crippen molar-refractivity contribution in [2.45, 2.75) is 32.2 Å². The molecule has 1 aliphatic rings. The predicted molar refractivity (Wildman–Crippen MR) is 74.4 cm³/mol. The van der Waals surface area contributed by atoms with Gasteiger partial charge in [0.25, 0.3) is 0 Å². The second-order valence-electron chi connectivity index (χ2n) is 5.26. The Morgan fingerprint density at radius 3 is 2.94 bits per heavy atom. The van der Waals surface area contributed by atoms with Crippen molar-refractivity contribution in [3.8, 4) is 0 Å². The summed E-state index contributed by atoms with van der Waals surface area (Å²) < 4.78 is 0. The van der Waals surface area contributed by atoms with E-state index in [4.69, 9.17) is 5.73 Å². The third kappa shape index (κ3) is 5.33. The maximum Gasteiger partial charge on any atom is 0.221 e. The van der Waals surface area contributed by atoms with E-state index >= 15 is 0 Å². The lowest BCUT2D eigenvalue weighted by Crippen LogP contribution is -2.39. The normalized spacial score (nSPS) is 24.4. The zero-order chi connectivity index (χ0) is 13.4. The van der Waals surface area contributed by atoms with Crippen LogP contribution in [0.5, 0.6) is 0 Å². The van der Waals surface area contributed by atoms with Crippen LogP contribution in [-0.4, -0.2) is 56.6 Å². The highest BCUT2D eigenvalue weighted by Crippen LogP contribution is 2.22. The van der Waals surface area contributed by atoms with Gasteiger partial charge in [0, 0.05) is 39.1 Å². The first-order valence-electron chi connectivity index (χ1n) is 7.02. The Hall–Kier alpha value is -0.650. The molecule has 1 heterocycles. The number of nitrogens with zero attached hydrogens (tertiary/aromatic N) is 1. The van der Waals surface area contributed by atoms with E-state index in [1.54, 1.807) is 7.05 Å². The highest BCUT2D eigenvalue weighted by Gasteiger charge is 2.28. The number of likely N-dealkylation sites (tertiary alicyclic amines) is 1. The van der Waals surface area contributed by atoms with E-state index in [1.807, 2.05) is 0 Å². The van der Waals surface area contributed by atoms with Gasteiger partial charge in [0.2, 0.25) is 5.91 Å². The first-order chi connectivity index (χ1) is 8.67. The molecule has 0 aromatic carbocycles. The summed E-state index contributed by atoms with van der Waals surface area (Å²) in [6.07, 6.45) is 2.88. The molecule has 0 saturated carbocycles. The van der Waals surface area contributed by atoms with Crippen LogP contribution in [0.15, 0.2) is 0 Å². The Morgan fingerprint density at radius 1 is 1.50 bits per heavy atom. The molecule has 0 bridgehead atoms. The Morgan fingerprint density at radius 2 is 2.28 bits per heavy atom. The number of hydrogen-bond donors (Lipinski definition) is 3. The van der Waals surface area contributed by atoms with Gasteiger partial charge in [-0.1, -0.05) is 6.92 Å². The van der Waals surface area contributed by atoms with Crippen LogP contribution in [-0.2, 0) is 4.79 Å². The zero-order valence-electron chi connectivity index (χ0n) is 11.7. The van der Waals surface area contributed by atoms with Gasteiger partial charge in [-0.05, 0) is 31.8 Å². The van der Waals surface area contributed by atoms with Gasteiger partial charge in [-0.3, -0.25) is 9.69 Å². The van der Waals surface area contributed by atoms with E-state index in [9.17, 15) is 4.79 Å². The van der Waals surface area contributed by atoms with Crippen molar-refractivity contribution in [1.82, 2.24) is 15.5 Å². The van der Waals surface area contributed by atoms with Crippen molar-refractivity contribution >= 4 is 5.91 Å². The molecule has 1 amide bonds. The van der Waals surface area contributed by atoms with Crippen LogP contribution in [0, 0.1) is 5.92 Å². The van der Waals surface area contributed by atoms with Crippen molar-refractivity contribution in [2.75, 3.05) is 39.8 Å². The van der Waals surface area contributed by atoms with Gasteiger partial charge in [-0.15, -0.1) is 0 Å². The van der Waals surface area contributed by atoms with Gasteiger partial charge in [-0.25, -0.2) is 0 Å². The molecular formula is C13H28N4O. The summed E-state index contributed by atoms with van der Waals surface area (Å²) >= 11 is 0. The molecular weight excluding hydrogens is 228 g/mol. The molecule has 0 aromatic heterocycles. The molecule has 1 fully saturated rings. The number of carbonyl (C=O) groups excluding carboxylic acids is 1. The second kappa shape index (κ2) is 8.45. The van der Waals surface area contributed by atoms with E-state index in [1.165, 1.54) is 13.0 Å². The minimum Gasteiger partial charge on any atom is -0.359 e. The van der Waals surface area contributed by atoms with Crippen LogP contribution in [0.1, 0.15) is 26.2 Å². The molecule has 1 rings (SSSR count). The van der Waals surface area contributed by atoms with Gasteiger partial charge in [0.05, 0.1) is 0 Å². The third-order valence-electron chi connectivity index (χ3n) is 3.57. The van der Waals surface area contributed by atoms with Crippen LogP contribution in [0.4, 0.5) is 0 Å². The van der Waals surface area contributed by atoms with Gasteiger partial charge in [0.1, 0.15) is 0 Å². The zero-order valence-corrected chi connectivity index (χ0v) is 11.7. The smallest absolute Gasteiger partial charge is 0.221 e. The van der Waals surface area contributed by atoms with Crippen molar-refractivity contribution < 1.29 is 4.79 Å². The summed E-state index contributed by atoms with van der Waals surface area (Å²) in [5.74, 6) is 0.871. The molecule has 1 unspecified atom stereocenters. The number of nitrogens with two attached hydrogens (primary N) is 1. The lowest BCUT2D eigenvalue weighted by molar-refractivity contribution is -0.120. The van der Waals surface area contributed by atoms with Gasteiger partial charge >= 0.3 is 0 Å². The molecule has 5 heteroatoms. The average molecular weight is 256 g/mol. The third-order valence-corrected chi connectivity index (χ3v) is 3.57. The van der Waals surface area contributed by atoms with Gasteiger partial charge in [0.15, 0.2) is 0 Å². The average Bonchev–Trinajstić information content (AvgIpc) is 2.72. The Kier molecular flexibility index (Phi) is 7.23. The Balaban J connectivity index is 2.20. The summed E-state index contributed by atoms with van der Waals surface area (Å²) in [7, 11) is 1.68. The molecule has 4 N–H and O–H groups in total. The van der Waals surface area contributed by atoms with Crippen LogP contribution in [0.2, 0.25) is 0 Å². The fourth-order valence-electron chi connectivity index (χ4n) is 2.61. The lowest BCUT2D eigenvalue weighted by atomic mass is 10.1. The summed E-state index contributed by atoms with van der Waals surface area (Å²) in [6.45, 7) is 7.09. The van der Waals surface area contributed by atoms with E-state index in [0.717, 1.165) is 38.5 Å². The van der Waals surface area contributed by atoms with Crippen molar-refractivity contribution in [3.05, 3.63) is 0 Å². The van der Waals surface area contributed by atoms with Crippen LogP contribution >= 0.6 is 0 Å². The first-order valence-corrected chi connectivity index (χ1v) is 7.02. The Bertz CT molecular complexity index is 247. The number of amides is 1. The maximum atomic E-state index is 11.1. The molecule has 106 valence electrons. The minimum absolute atomic E-state index is 0.0993. The molecule has 5 nitrogen and oxygen atoms in total. The molecule has 18 heavy (non-hydrogen) atoms. The largest absolute Gasteiger partial charge is 0.359 e. The molecule has 0 radical (unpaired) electrons. The number of rotatable bonds is 8. The van der Waals surface area contributed by atoms with E-state index < -0.39 is 0 Å². The van der Waals surface area contributed by atoms with Crippen LogP contribution in [0.3, 0.4) is 0 Å². The van der Waals surface area contributed by atoms with Crippen molar-refractivity contribution in [3.63, 3.8) is 0 Å². The van der Waals surface area contributed by atoms with Crippen LogP contribution in [0.25, 0.3) is 0 Å². The molecule has 1 saturated heterocycles. The molecule has 0 spiro atoms. The first kappa shape index (κ1) is 15.4. The highest BCUT2D eigenvalue weighted by atomic mass is 16.1. The summed E-state index contributed by atoms with van der Waals surface area (Å²) in [6, 6.07) is 0.608. The van der Waals surface area contributed by atoms with Gasteiger partial charge in [-0.2, -0.15) is 0 Å². The summed E-state index contributed by atoms with van der Waals surface area (Å²) in [4.78, 5) is 13.6. The van der Waals surface area contributed by atoms with Gasteiger partial charge < -0.3 is 16.4 Å². The second-order valence-corrected chi connectivity index (χ2v) is 5.26. The topological polar surface area (TPSA) is 70.4 Å².